The molecular weight excluding hydrogens is 528 g/mol. The van der Waals surface area contributed by atoms with Crippen molar-refractivity contribution in [1.82, 2.24) is 0 Å². The lowest BCUT2D eigenvalue weighted by atomic mass is 9.87. The topological polar surface area (TPSA) is 124 Å². The van der Waals surface area contributed by atoms with Crippen LogP contribution in [0, 0.1) is 0 Å². The quantitative estimate of drug-likeness (QED) is 0.369. The minimum Gasteiger partial charge on any atom is -0.463 e. The Morgan fingerprint density at radius 3 is 2.21 bits per heavy atom. The fourth-order valence-electron chi connectivity index (χ4n) is 3.30. The Bertz CT molecular complexity index is 922. The number of carbonyl (C=O) groups is 4. The number of rotatable bonds is 7. The first-order valence-electron chi connectivity index (χ1n) is 9.78. The second kappa shape index (κ2) is 11.2. The molecule has 1 aromatic rings. The number of ether oxygens (including phenoxy) is 6. The van der Waals surface area contributed by atoms with Crippen LogP contribution in [0.2, 0.25) is 5.02 Å². The Labute approximate surface area is 203 Å². The van der Waals surface area contributed by atoms with Crippen LogP contribution in [-0.4, -0.2) is 60.7 Å². The van der Waals surface area contributed by atoms with Crippen molar-refractivity contribution < 1.29 is 47.6 Å². The lowest BCUT2D eigenvalue weighted by Gasteiger charge is -2.49. The number of hydrogen-bond donors (Lipinski definition) is 0. The number of esters is 4. The van der Waals surface area contributed by atoms with Gasteiger partial charge in [-0.05, 0) is 25.1 Å². The molecule has 1 aliphatic heterocycles. The van der Waals surface area contributed by atoms with Gasteiger partial charge in [0.15, 0.2) is 12.2 Å². The average Bonchev–Trinajstić information content (AvgIpc) is 2.67. The molecule has 0 aliphatic carbocycles. The molecule has 0 aromatic heterocycles. The van der Waals surface area contributed by atoms with E-state index in [1.807, 2.05) is 0 Å². The normalized spacial score (nSPS) is 26.6. The summed E-state index contributed by atoms with van der Waals surface area (Å²) in [6, 6.07) is 4.80. The number of halogens is 2. The number of carbonyl (C=O) groups excluding carboxylic acids is 4. The van der Waals surface area contributed by atoms with Gasteiger partial charge in [0.05, 0.1) is 5.02 Å². The smallest absolute Gasteiger partial charge is 0.303 e. The highest BCUT2D eigenvalue weighted by Gasteiger charge is 2.61. The number of benzene rings is 1. The van der Waals surface area contributed by atoms with Gasteiger partial charge in [-0.15, -0.1) is 0 Å². The van der Waals surface area contributed by atoms with Crippen molar-refractivity contribution in [2.24, 2.45) is 0 Å². The summed E-state index contributed by atoms with van der Waals surface area (Å²) in [7, 11) is 0. The second-order valence-electron chi connectivity index (χ2n) is 7.38. The summed E-state index contributed by atoms with van der Waals surface area (Å²) < 4.78 is 33.9. The van der Waals surface area contributed by atoms with Gasteiger partial charge in [0.2, 0.25) is 11.9 Å². The molecule has 182 valence electrons. The van der Waals surface area contributed by atoms with Crippen LogP contribution in [0.15, 0.2) is 22.7 Å². The van der Waals surface area contributed by atoms with Crippen molar-refractivity contribution in [1.29, 1.82) is 0 Å². The molecular formula is C21H24BrClO10. The highest BCUT2D eigenvalue weighted by atomic mass is 79.9. The Balaban J connectivity index is 2.59. The molecule has 1 saturated heterocycles. The van der Waals surface area contributed by atoms with E-state index < -0.39 is 54.1 Å². The molecule has 0 radical (unpaired) electrons. The minimum atomic E-state index is -1.80. The molecule has 1 heterocycles. The second-order valence-corrected chi connectivity index (χ2v) is 8.71. The molecule has 1 aromatic carbocycles. The molecule has 1 aliphatic rings. The van der Waals surface area contributed by atoms with Gasteiger partial charge in [0.1, 0.15) is 18.5 Å². The molecule has 2 rings (SSSR count). The SMILES string of the molecule is CC(=O)OC[C@H]1O[C@H](Oc2cc(Br)ccc2Cl)[C@@](C)(OC(C)=O)[C@@H](OC(C)=O)[C@@H]1OC(C)=O. The zero-order valence-corrected chi connectivity index (χ0v) is 20.9. The van der Waals surface area contributed by atoms with Gasteiger partial charge >= 0.3 is 23.9 Å². The van der Waals surface area contributed by atoms with Crippen LogP contribution in [0.4, 0.5) is 0 Å². The summed E-state index contributed by atoms with van der Waals surface area (Å²) >= 11 is 9.55. The van der Waals surface area contributed by atoms with E-state index in [4.69, 9.17) is 40.0 Å². The van der Waals surface area contributed by atoms with E-state index in [2.05, 4.69) is 15.9 Å². The lowest BCUT2D eigenvalue weighted by Crippen LogP contribution is -2.70. The molecule has 5 atom stereocenters. The standard InChI is InChI=1S/C21H24BrClO10/c1-10(24)28-9-17-18(29-11(2)25)19(30-12(3)26)21(5,33-13(4)27)20(32-17)31-16-8-14(22)6-7-15(16)23/h6-8,17-20H,9H2,1-5H3/t17-,18-,19+,20+,21+/m1/s1. The average molecular weight is 552 g/mol. The highest BCUT2D eigenvalue weighted by molar-refractivity contribution is 9.10. The monoisotopic (exact) mass is 550 g/mol. The van der Waals surface area contributed by atoms with E-state index in [0.29, 0.717) is 4.47 Å². The first-order valence-corrected chi connectivity index (χ1v) is 10.9. The summed E-state index contributed by atoms with van der Waals surface area (Å²) in [6.45, 7) is 5.64. The van der Waals surface area contributed by atoms with Crippen LogP contribution >= 0.6 is 27.5 Å². The van der Waals surface area contributed by atoms with E-state index in [-0.39, 0.29) is 17.4 Å². The summed E-state index contributed by atoms with van der Waals surface area (Å²) in [5.41, 5.74) is -1.80. The van der Waals surface area contributed by atoms with Gasteiger partial charge in [-0.1, -0.05) is 27.5 Å². The van der Waals surface area contributed by atoms with Crippen molar-refractivity contribution in [3.05, 3.63) is 27.7 Å². The van der Waals surface area contributed by atoms with Crippen LogP contribution < -0.4 is 4.74 Å². The molecule has 0 bridgehead atoms. The molecule has 0 N–H and O–H groups in total. The predicted octanol–water partition coefficient (Wildman–Crippen LogP) is 2.95. The third-order valence-electron chi connectivity index (χ3n) is 4.53. The molecule has 12 heteroatoms. The van der Waals surface area contributed by atoms with Crippen molar-refractivity contribution in [2.75, 3.05) is 6.61 Å². The molecule has 0 unspecified atom stereocenters. The van der Waals surface area contributed by atoms with E-state index in [1.165, 1.54) is 13.8 Å². The van der Waals surface area contributed by atoms with E-state index >= 15 is 0 Å². The maximum absolute atomic E-state index is 12.0. The van der Waals surface area contributed by atoms with Crippen molar-refractivity contribution in [2.45, 2.75) is 64.8 Å². The van der Waals surface area contributed by atoms with Crippen LogP contribution in [-0.2, 0) is 42.9 Å². The highest BCUT2D eigenvalue weighted by Crippen LogP contribution is 2.40. The Morgan fingerprint density at radius 2 is 1.67 bits per heavy atom. The summed E-state index contributed by atoms with van der Waals surface area (Å²) in [6.07, 6.45) is -5.23. The fraction of sp³-hybridized carbons (Fsp3) is 0.524. The molecule has 0 saturated carbocycles. The third kappa shape index (κ3) is 7.05. The third-order valence-corrected chi connectivity index (χ3v) is 5.34. The maximum atomic E-state index is 12.0. The lowest BCUT2D eigenvalue weighted by molar-refractivity contribution is -0.321. The first-order chi connectivity index (χ1) is 15.3. The zero-order chi connectivity index (χ0) is 24.9. The summed E-state index contributed by atoms with van der Waals surface area (Å²) in [5.74, 6) is -2.68. The van der Waals surface area contributed by atoms with E-state index in [9.17, 15) is 19.2 Å². The summed E-state index contributed by atoms with van der Waals surface area (Å²) in [5, 5.41) is 0.217. The summed E-state index contributed by atoms with van der Waals surface area (Å²) in [4.78, 5) is 47.2. The van der Waals surface area contributed by atoms with Crippen LogP contribution in [0.25, 0.3) is 0 Å². The predicted molar refractivity (Wildman–Crippen MR) is 116 cm³/mol. The number of hydrogen-bond acceptors (Lipinski definition) is 10. The van der Waals surface area contributed by atoms with Crippen molar-refractivity contribution in [3.63, 3.8) is 0 Å². The molecule has 0 amide bonds. The Morgan fingerprint density at radius 1 is 1.03 bits per heavy atom. The van der Waals surface area contributed by atoms with Crippen LogP contribution in [0.3, 0.4) is 0 Å². The van der Waals surface area contributed by atoms with Gasteiger partial charge in [-0.3, -0.25) is 19.2 Å². The van der Waals surface area contributed by atoms with Crippen LogP contribution in [0.1, 0.15) is 34.6 Å². The largest absolute Gasteiger partial charge is 0.463 e. The van der Waals surface area contributed by atoms with Crippen molar-refractivity contribution >= 4 is 51.4 Å². The molecule has 1 fully saturated rings. The maximum Gasteiger partial charge on any atom is 0.303 e. The van der Waals surface area contributed by atoms with Gasteiger partial charge in [-0.2, -0.15) is 0 Å². The Hall–Kier alpha value is -2.37. The zero-order valence-electron chi connectivity index (χ0n) is 18.6. The van der Waals surface area contributed by atoms with Gasteiger partial charge < -0.3 is 28.4 Å². The fourth-order valence-corrected chi connectivity index (χ4v) is 3.80. The van der Waals surface area contributed by atoms with E-state index in [0.717, 1.165) is 20.8 Å². The van der Waals surface area contributed by atoms with Gasteiger partial charge in [0, 0.05) is 32.2 Å². The minimum absolute atomic E-state index is 0.160. The van der Waals surface area contributed by atoms with Crippen LogP contribution in [0.5, 0.6) is 5.75 Å². The molecule has 0 spiro atoms. The molecule has 33 heavy (non-hydrogen) atoms. The van der Waals surface area contributed by atoms with Crippen molar-refractivity contribution in [3.8, 4) is 5.75 Å². The Kier molecular flexibility index (Phi) is 9.10. The van der Waals surface area contributed by atoms with E-state index in [1.54, 1.807) is 18.2 Å². The van der Waals surface area contributed by atoms with Gasteiger partial charge in [0.25, 0.3) is 0 Å². The first kappa shape index (κ1) is 26.9. The van der Waals surface area contributed by atoms with Gasteiger partial charge in [-0.25, -0.2) is 0 Å². The molecule has 10 nitrogen and oxygen atoms in total.